The highest BCUT2D eigenvalue weighted by molar-refractivity contribution is 6.02. The van der Waals surface area contributed by atoms with Crippen molar-refractivity contribution in [1.29, 1.82) is 0 Å². The Bertz CT molecular complexity index is 897. The average Bonchev–Trinajstić information content (AvgIpc) is 2.62. The van der Waals surface area contributed by atoms with E-state index in [9.17, 15) is 14.0 Å². The third-order valence-corrected chi connectivity index (χ3v) is 5.36. The van der Waals surface area contributed by atoms with Crippen molar-refractivity contribution >= 4 is 11.7 Å². The number of nitrogens with one attached hydrogen (secondary N) is 1. The molecule has 1 heterocycles. The first-order valence-corrected chi connectivity index (χ1v) is 8.89. The van der Waals surface area contributed by atoms with E-state index in [2.05, 4.69) is 5.32 Å². The first kappa shape index (κ1) is 16.7. The summed E-state index contributed by atoms with van der Waals surface area (Å²) in [5.74, 6) is -0.478. The highest BCUT2D eigenvalue weighted by Gasteiger charge is 2.38. The molecule has 1 aliphatic carbocycles. The molecule has 4 rings (SSSR count). The minimum absolute atomic E-state index is 0.0288. The van der Waals surface area contributed by atoms with Crippen LogP contribution in [0.5, 0.6) is 0 Å². The predicted octanol–water partition coefficient (Wildman–Crippen LogP) is 4.14. The summed E-state index contributed by atoms with van der Waals surface area (Å²) in [6, 6.07) is 14.3. The third-order valence-electron chi connectivity index (χ3n) is 5.36. The largest absolute Gasteiger partial charge is 0.329 e. The molecule has 0 aromatic heterocycles. The number of amides is 1. The van der Waals surface area contributed by atoms with Crippen LogP contribution in [0.1, 0.15) is 47.8 Å². The lowest BCUT2D eigenvalue weighted by Gasteiger charge is -2.34. The second-order valence-electron chi connectivity index (χ2n) is 7.19. The van der Waals surface area contributed by atoms with Crippen LogP contribution in [0.3, 0.4) is 0 Å². The number of rotatable bonds is 2. The lowest BCUT2D eigenvalue weighted by molar-refractivity contribution is -0.122. The van der Waals surface area contributed by atoms with Crippen molar-refractivity contribution in [2.45, 2.75) is 38.0 Å². The first-order chi connectivity index (χ1) is 12.5. The van der Waals surface area contributed by atoms with Crippen LogP contribution >= 0.6 is 0 Å². The molecule has 0 unspecified atom stereocenters. The van der Waals surface area contributed by atoms with Crippen LogP contribution in [-0.2, 0) is 9.59 Å². The molecule has 1 amide bonds. The van der Waals surface area contributed by atoms with Gasteiger partial charge >= 0.3 is 0 Å². The molecule has 1 aliphatic heterocycles. The summed E-state index contributed by atoms with van der Waals surface area (Å²) in [5.41, 5.74) is 4.56. The molecule has 2 aromatic carbocycles. The van der Waals surface area contributed by atoms with Crippen molar-refractivity contribution in [3.63, 3.8) is 0 Å². The van der Waals surface area contributed by atoms with Gasteiger partial charge in [0.05, 0.1) is 0 Å². The Morgan fingerprint density at radius 2 is 1.54 bits per heavy atom. The van der Waals surface area contributed by atoms with Gasteiger partial charge in [-0.05, 0) is 42.5 Å². The molecule has 2 aliphatic rings. The van der Waals surface area contributed by atoms with Gasteiger partial charge in [0, 0.05) is 30.0 Å². The molecule has 0 saturated heterocycles. The zero-order chi connectivity index (χ0) is 18.3. The number of carbonyl (C=O) groups excluding carboxylic acids is 2. The van der Waals surface area contributed by atoms with E-state index < -0.39 is 0 Å². The van der Waals surface area contributed by atoms with E-state index in [1.54, 1.807) is 12.1 Å². The minimum atomic E-state index is -0.291. The molecular formula is C22H20FNO2. The average molecular weight is 349 g/mol. The van der Waals surface area contributed by atoms with Crippen LogP contribution in [0.4, 0.5) is 4.39 Å². The molecule has 4 heteroatoms. The number of aryl methyl sites for hydroxylation is 1. The van der Waals surface area contributed by atoms with Gasteiger partial charge in [-0.1, -0.05) is 42.0 Å². The molecule has 0 radical (unpaired) electrons. The number of hydrogen-bond donors (Lipinski definition) is 1. The van der Waals surface area contributed by atoms with Crippen molar-refractivity contribution < 1.29 is 14.0 Å². The van der Waals surface area contributed by atoms with Gasteiger partial charge in [-0.15, -0.1) is 0 Å². The summed E-state index contributed by atoms with van der Waals surface area (Å²) in [7, 11) is 0. The van der Waals surface area contributed by atoms with Crippen molar-refractivity contribution in [2.24, 2.45) is 0 Å². The topological polar surface area (TPSA) is 46.2 Å². The van der Waals surface area contributed by atoms with Gasteiger partial charge in [-0.25, -0.2) is 4.39 Å². The monoisotopic (exact) mass is 349 g/mol. The zero-order valence-electron chi connectivity index (χ0n) is 14.6. The van der Waals surface area contributed by atoms with Gasteiger partial charge in [0.25, 0.3) is 0 Å². The molecule has 26 heavy (non-hydrogen) atoms. The van der Waals surface area contributed by atoms with Crippen LogP contribution in [0.25, 0.3) is 0 Å². The molecule has 1 N–H and O–H groups in total. The molecule has 2 aromatic rings. The Morgan fingerprint density at radius 3 is 2.23 bits per heavy atom. The van der Waals surface area contributed by atoms with Gasteiger partial charge in [0.1, 0.15) is 5.82 Å². The molecule has 0 saturated carbocycles. The SMILES string of the molecule is Cc1ccc([C@@H]2CC(=O)NC3=C2C(=O)C[C@@H](c2ccc(F)cc2)C3)cc1. The number of allylic oxidation sites excluding steroid dienone is 2. The van der Waals surface area contributed by atoms with Crippen molar-refractivity contribution in [2.75, 3.05) is 0 Å². The molecule has 3 nitrogen and oxygen atoms in total. The van der Waals surface area contributed by atoms with Gasteiger partial charge in [0.2, 0.25) is 5.91 Å². The quantitative estimate of drug-likeness (QED) is 0.886. The van der Waals surface area contributed by atoms with E-state index in [1.807, 2.05) is 31.2 Å². The Kier molecular flexibility index (Phi) is 4.19. The third kappa shape index (κ3) is 3.07. The van der Waals surface area contributed by atoms with E-state index in [-0.39, 0.29) is 29.3 Å². The highest BCUT2D eigenvalue weighted by Crippen LogP contribution is 2.42. The highest BCUT2D eigenvalue weighted by atomic mass is 19.1. The molecule has 0 spiro atoms. The fourth-order valence-corrected chi connectivity index (χ4v) is 4.01. The Labute approximate surface area is 151 Å². The molecular weight excluding hydrogens is 329 g/mol. The van der Waals surface area contributed by atoms with Crippen LogP contribution < -0.4 is 5.32 Å². The predicted molar refractivity (Wildman–Crippen MR) is 97.1 cm³/mol. The summed E-state index contributed by atoms with van der Waals surface area (Å²) in [5, 5.41) is 2.92. The molecule has 2 atom stereocenters. The van der Waals surface area contributed by atoms with Crippen molar-refractivity contribution in [1.82, 2.24) is 5.32 Å². The van der Waals surface area contributed by atoms with Crippen LogP contribution in [0.2, 0.25) is 0 Å². The van der Waals surface area contributed by atoms with Crippen molar-refractivity contribution in [3.05, 3.63) is 82.3 Å². The molecule has 0 bridgehead atoms. The fraction of sp³-hybridized carbons (Fsp3) is 0.273. The van der Waals surface area contributed by atoms with E-state index in [0.29, 0.717) is 19.3 Å². The number of carbonyl (C=O) groups is 2. The zero-order valence-corrected chi connectivity index (χ0v) is 14.6. The lowest BCUT2D eigenvalue weighted by atomic mass is 9.73. The van der Waals surface area contributed by atoms with Gasteiger partial charge in [0.15, 0.2) is 5.78 Å². The van der Waals surface area contributed by atoms with Gasteiger partial charge in [-0.3, -0.25) is 9.59 Å². The van der Waals surface area contributed by atoms with Crippen LogP contribution in [-0.4, -0.2) is 11.7 Å². The van der Waals surface area contributed by atoms with Crippen LogP contribution in [0, 0.1) is 12.7 Å². The Morgan fingerprint density at radius 1 is 0.885 bits per heavy atom. The summed E-state index contributed by atoms with van der Waals surface area (Å²) in [6.07, 6.45) is 1.29. The molecule has 0 fully saturated rings. The van der Waals surface area contributed by atoms with E-state index in [1.165, 1.54) is 12.1 Å². The van der Waals surface area contributed by atoms with E-state index in [4.69, 9.17) is 0 Å². The maximum Gasteiger partial charge on any atom is 0.225 e. The standard InChI is InChI=1S/C22H20FNO2/c1-13-2-4-15(5-3-13)18-12-21(26)24-19-10-16(11-20(25)22(18)19)14-6-8-17(23)9-7-14/h2-9,16,18H,10-12H2,1H3,(H,24,26)/t16-,18-/m0/s1. The summed E-state index contributed by atoms with van der Waals surface area (Å²) >= 11 is 0. The summed E-state index contributed by atoms with van der Waals surface area (Å²) in [4.78, 5) is 25.2. The summed E-state index contributed by atoms with van der Waals surface area (Å²) < 4.78 is 13.2. The number of ketones is 1. The van der Waals surface area contributed by atoms with E-state index >= 15 is 0 Å². The number of halogens is 1. The summed E-state index contributed by atoms with van der Waals surface area (Å²) in [6.45, 7) is 2.01. The van der Waals surface area contributed by atoms with Crippen molar-refractivity contribution in [3.8, 4) is 0 Å². The van der Waals surface area contributed by atoms with E-state index in [0.717, 1.165) is 28.0 Å². The number of hydrogen-bond acceptors (Lipinski definition) is 2. The number of Topliss-reactive ketones (excluding diaryl/α,β-unsaturated/α-hetero) is 1. The second-order valence-corrected chi connectivity index (χ2v) is 7.19. The van der Waals surface area contributed by atoms with Crippen LogP contribution in [0.15, 0.2) is 59.8 Å². The Balaban J connectivity index is 1.70. The van der Waals surface area contributed by atoms with Gasteiger partial charge in [-0.2, -0.15) is 0 Å². The lowest BCUT2D eigenvalue weighted by Crippen LogP contribution is -2.38. The number of benzene rings is 2. The fourth-order valence-electron chi connectivity index (χ4n) is 4.01. The maximum absolute atomic E-state index is 13.2. The smallest absolute Gasteiger partial charge is 0.225 e. The minimum Gasteiger partial charge on any atom is -0.329 e. The molecule has 132 valence electrons. The normalized spacial score (nSPS) is 22.8. The van der Waals surface area contributed by atoms with Gasteiger partial charge < -0.3 is 5.32 Å². The Hall–Kier alpha value is -2.75. The maximum atomic E-state index is 13.2. The first-order valence-electron chi connectivity index (χ1n) is 8.89. The second kappa shape index (κ2) is 6.52.